The number of benzene rings is 3. The number of para-hydroxylation sites is 2. The molecule has 0 saturated carbocycles. The summed E-state index contributed by atoms with van der Waals surface area (Å²) in [7, 11) is 1.60. The monoisotopic (exact) mass is 489 g/mol. The Morgan fingerprint density at radius 2 is 1.57 bits per heavy atom. The van der Waals surface area contributed by atoms with Gasteiger partial charge in [-0.25, -0.2) is 4.39 Å². The van der Waals surface area contributed by atoms with E-state index in [9.17, 15) is 4.39 Å². The molecule has 0 saturated heterocycles. The van der Waals surface area contributed by atoms with E-state index in [0.29, 0.717) is 34.0 Å². The summed E-state index contributed by atoms with van der Waals surface area (Å²) in [6, 6.07) is 23.2. The molecule has 0 N–H and O–H groups in total. The fraction of sp³-hybridized carbons (Fsp3) is 0.125. The van der Waals surface area contributed by atoms with Crippen molar-refractivity contribution in [3.63, 3.8) is 0 Å². The van der Waals surface area contributed by atoms with E-state index in [2.05, 4.69) is 25.7 Å². The number of ether oxygens (including phenoxy) is 2. The van der Waals surface area contributed by atoms with E-state index in [1.807, 2.05) is 30.3 Å². The van der Waals surface area contributed by atoms with Crippen LogP contribution in [0.4, 0.5) is 4.39 Å². The number of hydrogen-bond acceptors (Lipinski definition) is 8. The number of hydrogen-bond donors (Lipinski definition) is 0. The molecule has 5 aromatic rings. The van der Waals surface area contributed by atoms with Gasteiger partial charge in [-0.1, -0.05) is 42.1 Å². The van der Waals surface area contributed by atoms with Crippen LogP contribution in [0.5, 0.6) is 11.5 Å². The first-order valence-corrected chi connectivity index (χ1v) is 11.6. The highest BCUT2D eigenvalue weighted by atomic mass is 32.2. The lowest BCUT2D eigenvalue weighted by Gasteiger charge is -2.12. The summed E-state index contributed by atoms with van der Waals surface area (Å²) in [4.78, 5) is 0. The summed E-state index contributed by atoms with van der Waals surface area (Å²) < 4.78 is 29.2. The van der Waals surface area contributed by atoms with Crippen molar-refractivity contribution >= 4 is 11.8 Å². The Balaban J connectivity index is 1.40. The lowest BCUT2D eigenvalue weighted by Crippen LogP contribution is -2.08. The molecule has 2 aromatic heterocycles. The first kappa shape index (κ1) is 22.5. The molecule has 176 valence electrons. The molecule has 0 atom stereocenters. The van der Waals surface area contributed by atoms with Gasteiger partial charge in [0.15, 0.2) is 16.8 Å². The molecule has 0 radical (unpaired) electrons. The Morgan fingerprint density at radius 3 is 2.34 bits per heavy atom. The molecule has 0 spiro atoms. The first-order valence-electron chi connectivity index (χ1n) is 10.6. The normalized spacial score (nSPS) is 10.9. The van der Waals surface area contributed by atoms with E-state index in [4.69, 9.17) is 9.47 Å². The van der Waals surface area contributed by atoms with Gasteiger partial charge in [0.1, 0.15) is 23.9 Å². The molecular formula is C24H20FN7O2S. The number of methoxy groups -OCH3 is 1. The van der Waals surface area contributed by atoms with Gasteiger partial charge in [-0.3, -0.25) is 4.57 Å². The molecule has 3 aromatic carbocycles. The van der Waals surface area contributed by atoms with Crippen LogP contribution in [0, 0.1) is 5.82 Å². The standard InChI is InChI=1S/C24H20FN7O2S/c1-33-18-11-13-19(14-12-18)34-15-22-26-28-24(31(22)21-10-6-5-9-20(21)25)35-16-23-27-29-30-32(23)17-7-3-2-4-8-17/h2-14H,15-16H2,1H3. The summed E-state index contributed by atoms with van der Waals surface area (Å²) in [5.41, 5.74) is 1.17. The third kappa shape index (κ3) is 4.99. The lowest BCUT2D eigenvalue weighted by molar-refractivity contribution is 0.292. The predicted octanol–water partition coefficient (Wildman–Crippen LogP) is 4.26. The third-order valence-corrected chi connectivity index (χ3v) is 6.01. The zero-order chi connectivity index (χ0) is 24.0. The largest absolute Gasteiger partial charge is 0.497 e. The van der Waals surface area contributed by atoms with Gasteiger partial charge in [0.25, 0.3) is 0 Å². The van der Waals surface area contributed by atoms with Crippen LogP contribution < -0.4 is 9.47 Å². The third-order valence-electron chi connectivity index (χ3n) is 5.09. The Morgan fingerprint density at radius 1 is 0.829 bits per heavy atom. The van der Waals surface area contributed by atoms with Crippen LogP contribution in [0.1, 0.15) is 11.6 Å². The predicted molar refractivity (Wildman–Crippen MR) is 127 cm³/mol. The highest BCUT2D eigenvalue weighted by Gasteiger charge is 2.19. The van der Waals surface area contributed by atoms with Crippen molar-refractivity contribution in [3.8, 4) is 22.9 Å². The zero-order valence-electron chi connectivity index (χ0n) is 18.7. The fourth-order valence-electron chi connectivity index (χ4n) is 3.38. The summed E-state index contributed by atoms with van der Waals surface area (Å²) in [6.07, 6.45) is 0. The number of aromatic nitrogens is 7. The Bertz CT molecular complexity index is 1410. The van der Waals surface area contributed by atoms with Crippen molar-refractivity contribution in [2.75, 3.05) is 7.11 Å². The summed E-state index contributed by atoms with van der Waals surface area (Å²) in [6.45, 7) is 0.0932. The van der Waals surface area contributed by atoms with Gasteiger partial charge in [-0.05, 0) is 59.0 Å². The lowest BCUT2D eigenvalue weighted by atomic mass is 10.3. The molecule has 0 aliphatic heterocycles. The number of tetrazole rings is 1. The van der Waals surface area contributed by atoms with E-state index < -0.39 is 5.82 Å². The van der Waals surface area contributed by atoms with E-state index in [1.54, 1.807) is 58.8 Å². The molecule has 2 heterocycles. The van der Waals surface area contributed by atoms with Crippen LogP contribution in [-0.4, -0.2) is 42.1 Å². The Labute approximate surface area is 204 Å². The van der Waals surface area contributed by atoms with Crippen LogP contribution in [0.15, 0.2) is 84.0 Å². The molecule has 9 nitrogen and oxygen atoms in total. The fourth-order valence-corrected chi connectivity index (χ4v) is 4.25. The molecule has 0 unspecified atom stereocenters. The summed E-state index contributed by atoms with van der Waals surface area (Å²) in [5, 5.41) is 21.1. The van der Waals surface area contributed by atoms with E-state index in [0.717, 1.165) is 11.4 Å². The SMILES string of the molecule is COc1ccc(OCc2nnc(SCc3nnnn3-c3ccccc3)n2-c2ccccc2F)cc1. The minimum absolute atomic E-state index is 0.0932. The van der Waals surface area contributed by atoms with Crippen molar-refractivity contribution in [2.24, 2.45) is 0 Å². The Kier molecular flexibility index (Phi) is 6.66. The number of nitrogens with zero attached hydrogens (tertiary/aromatic N) is 7. The number of halogens is 1. The van der Waals surface area contributed by atoms with E-state index >= 15 is 0 Å². The second-order valence-corrected chi connectivity index (χ2v) is 8.22. The van der Waals surface area contributed by atoms with Crippen LogP contribution in [-0.2, 0) is 12.4 Å². The average Bonchev–Trinajstić information content (AvgIpc) is 3.54. The second kappa shape index (κ2) is 10.3. The van der Waals surface area contributed by atoms with Crippen molar-refractivity contribution in [1.29, 1.82) is 0 Å². The van der Waals surface area contributed by atoms with E-state index in [1.165, 1.54) is 17.8 Å². The molecule has 0 aliphatic rings. The molecule has 35 heavy (non-hydrogen) atoms. The van der Waals surface area contributed by atoms with E-state index in [-0.39, 0.29) is 6.61 Å². The van der Waals surface area contributed by atoms with Gasteiger partial charge in [-0.2, -0.15) is 4.68 Å². The van der Waals surface area contributed by atoms with Crippen LogP contribution in [0.3, 0.4) is 0 Å². The molecule has 5 rings (SSSR count). The highest BCUT2D eigenvalue weighted by Crippen LogP contribution is 2.27. The molecular weight excluding hydrogens is 469 g/mol. The Hall–Kier alpha value is -4.25. The maximum atomic E-state index is 14.8. The van der Waals surface area contributed by atoms with Gasteiger partial charge >= 0.3 is 0 Å². The average molecular weight is 490 g/mol. The van der Waals surface area contributed by atoms with Crippen molar-refractivity contribution in [2.45, 2.75) is 17.5 Å². The molecule has 0 fully saturated rings. The highest BCUT2D eigenvalue weighted by molar-refractivity contribution is 7.98. The smallest absolute Gasteiger partial charge is 0.196 e. The van der Waals surface area contributed by atoms with Crippen LogP contribution >= 0.6 is 11.8 Å². The quantitative estimate of drug-likeness (QED) is 0.284. The van der Waals surface area contributed by atoms with Gasteiger partial charge in [0, 0.05) is 0 Å². The van der Waals surface area contributed by atoms with Crippen molar-refractivity contribution < 1.29 is 13.9 Å². The van der Waals surface area contributed by atoms with Crippen molar-refractivity contribution in [3.05, 3.63) is 96.3 Å². The minimum Gasteiger partial charge on any atom is -0.497 e. The molecule has 0 bridgehead atoms. The topological polar surface area (TPSA) is 92.8 Å². The number of thioether (sulfide) groups is 1. The van der Waals surface area contributed by atoms with Crippen molar-refractivity contribution in [1.82, 2.24) is 35.0 Å². The minimum atomic E-state index is -0.394. The summed E-state index contributed by atoms with van der Waals surface area (Å²) in [5.74, 6) is 2.44. The molecule has 11 heteroatoms. The maximum absolute atomic E-state index is 14.8. The van der Waals surface area contributed by atoms with Gasteiger partial charge in [0.2, 0.25) is 0 Å². The first-order chi connectivity index (χ1) is 17.2. The zero-order valence-corrected chi connectivity index (χ0v) is 19.5. The van der Waals surface area contributed by atoms with Crippen LogP contribution in [0.25, 0.3) is 11.4 Å². The van der Waals surface area contributed by atoms with Gasteiger partial charge < -0.3 is 9.47 Å². The summed E-state index contributed by atoms with van der Waals surface area (Å²) >= 11 is 1.35. The number of rotatable bonds is 9. The molecule has 0 amide bonds. The van der Waals surface area contributed by atoms with Gasteiger partial charge in [0.05, 0.1) is 24.2 Å². The molecule has 0 aliphatic carbocycles. The second-order valence-electron chi connectivity index (χ2n) is 7.28. The maximum Gasteiger partial charge on any atom is 0.196 e. The van der Waals surface area contributed by atoms with Crippen LogP contribution in [0.2, 0.25) is 0 Å². The van der Waals surface area contributed by atoms with Gasteiger partial charge in [-0.15, -0.1) is 15.3 Å².